The van der Waals surface area contributed by atoms with Crippen molar-refractivity contribution < 1.29 is 19.4 Å². The van der Waals surface area contributed by atoms with Gasteiger partial charge in [0.25, 0.3) is 0 Å². The van der Waals surface area contributed by atoms with Gasteiger partial charge >= 0.3 is 12.2 Å². The van der Waals surface area contributed by atoms with Gasteiger partial charge in [-0.3, -0.25) is 0 Å². The number of carbonyl (C=O) groups excluding carboxylic acids is 1. The Bertz CT molecular complexity index is 512. The first-order valence-electron chi connectivity index (χ1n) is 6.68. The van der Waals surface area contributed by atoms with E-state index in [-0.39, 0.29) is 18.6 Å². The minimum Gasteiger partial charge on any atom is -0.465 e. The molecule has 0 spiro atoms. The normalized spacial score (nSPS) is 15.7. The molecule has 0 saturated carbocycles. The molecular formula is C15H18N2O4. The van der Waals surface area contributed by atoms with E-state index in [1.165, 1.54) is 4.90 Å². The Kier molecular flexibility index (Phi) is 4.81. The smallest absolute Gasteiger partial charge is 0.407 e. The second kappa shape index (κ2) is 6.78. The van der Waals surface area contributed by atoms with Crippen molar-refractivity contribution in [2.24, 2.45) is 5.92 Å². The molecule has 21 heavy (non-hydrogen) atoms. The summed E-state index contributed by atoms with van der Waals surface area (Å²) in [7, 11) is 0. The molecule has 1 saturated heterocycles. The van der Waals surface area contributed by atoms with Crippen molar-refractivity contribution in [2.75, 3.05) is 13.1 Å². The van der Waals surface area contributed by atoms with Crippen LogP contribution in [0.25, 0.3) is 0 Å². The van der Waals surface area contributed by atoms with Crippen LogP contribution in [0.5, 0.6) is 0 Å². The number of amides is 2. The van der Waals surface area contributed by atoms with Gasteiger partial charge < -0.3 is 20.1 Å². The average Bonchev–Trinajstić information content (AvgIpc) is 2.43. The molecule has 1 aromatic rings. The molecule has 1 unspecified atom stereocenters. The number of nitrogens with zero attached hydrogens (tertiary/aromatic N) is 1. The number of benzene rings is 1. The number of hydrogen-bond acceptors (Lipinski definition) is 3. The highest BCUT2D eigenvalue weighted by Gasteiger charge is 2.35. The van der Waals surface area contributed by atoms with Crippen molar-refractivity contribution in [3.63, 3.8) is 0 Å². The lowest BCUT2D eigenvalue weighted by atomic mass is 9.92. The summed E-state index contributed by atoms with van der Waals surface area (Å²) in [6.45, 7) is 4.65. The van der Waals surface area contributed by atoms with E-state index in [2.05, 4.69) is 11.9 Å². The van der Waals surface area contributed by atoms with E-state index in [1.807, 2.05) is 30.3 Å². The molecule has 1 heterocycles. The second-order valence-electron chi connectivity index (χ2n) is 4.92. The fourth-order valence-electron chi connectivity index (χ4n) is 2.17. The number of rotatable bonds is 5. The highest BCUT2D eigenvalue weighted by Crippen LogP contribution is 2.20. The summed E-state index contributed by atoms with van der Waals surface area (Å²) < 4.78 is 5.13. The van der Waals surface area contributed by atoms with Crippen LogP contribution in [0.15, 0.2) is 43.0 Å². The molecule has 0 aliphatic carbocycles. The van der Waals surface area contributed by atoms with Gasteiger partial charge in [-0.15, -0.1) is 6.58 Å². The van der Waals surface area contributed by atoms with E-state index >= 15 is 0 Å². The lowest BCUT2D eigenvalue weighted by Gasteiger charge is -2.40. The molecule has 1 fully saturated rings. The predicted octanol–water partition coefficient (Wildman–Crippen LogP) is 2.08. The van der Waals surface area contributed by atoms with Crippen molar-refractivity contribution in [3.05, 3.63) is 48.6 Å². The molecule has 1 aliphatic heterocycles. The number of nitrogens with one attached hydrogen (secondary N) is 1. The molecule has 2 N–H and O–H groups in total. The lowest BCUT2D eigenvalue weighted by molar-refractivity contribution is 0.0691. The van der Waals surface area contributed by atoms with Crippen LogP contribution in [0.1, 0.15) is 5.56 Å². The average molecular weight is 290 g/mol. The van der Waals surface area contributed by atoms with Crippen LogP contribution >= 0.6 is 0 Å². The zero-order chi connectivity index (χ0) is 15.2. The lowest BCUT2D eigenvalue weighted by Crippen LogP contribution is -2.57. The Labute approximate surface area is 123 Å². The summed E-state index contributed by atoms with van der Waals surface area (Å²) in [5.41, 5.74) is 0.906. The van der Waals surface area contributed by atoms with Gasteiger partial charge in [0.15, 0.2) is 0 Å². The highest BCUT2D eigenvalue weighted by molar-refractivity contribution is 5.68. The topological polar surface area (TPSA) is 78.9 Å². The third-order valence-electron chi connectivity index (χ3n) is 3.44. The van der Waals surface area contributed by atoms with Gasteiger partial charge in [-0.25, -0.2) is 9.59 Å². The first kappa shape index (κ1) is 14.9. The van der Waals surface area contributed by atoms with Crippen molar-refractivity contribution in [1.82, 2.24) is 10.2 Å². The van der Waals surface area contributed by atoms with Crippen LogP contribution in [-0.2, 0) is 11.3 Å². The second-order valence-corrected chi connectivity index (χ2v) is 4.92. The number of hydrogen-bond donors (Lipinski definition) is 2. The number of likely N-dealkylation sites (tertiary alicyclic amines) is 1. The molecule has 112 valence electrons. The standard InChI is InChI=1S/C15H18N2O4/c1-2-13(12-8-17(9-12)15(19)20)16-14(18)21-10-11-6-4-3-5-7-11/h2-7,12-13H,1,8-10H2,(H,16,18)(H,19,20). The summed E-state index contributed by atoms with van der Waals surface area (Å²) in [6, 6.07) is 9.09. The molecule has 6 heteroatoms. The van der Waals surface area contributed by atoms with Gasteiger partial charge in [-0.1, -0.05) is 36.4 Å². The SMILES string of the molecule is C=CC(NC(=O)OCc1ccccc1)C1CN(C(=O)O)C1. The van der Waals surface area contributed by atoms with E-state index in [0.717, 1.165) is 5.56 Å². The maximum absolute atomic E-state index is 11.7. The molecule has 0 radical (unpaired) electrons. The van der Waals surface area contributed by atoms with Gasteiger partial charge in [0.2, 0.25) is 0 Å². The largest absolute Gasteiger partial charge is 0.465 e. The Hall–Kier alpha value is -2.50. The van der Waals surface area contributed by atoms with E-state index in [0.29, 0.717) is 13.1 Å². The van der Waals surface area contributed by atoms with Gasteiger partial charge in [0.05, 0.1) is 6.04 Å². The van der Waals surface area contributed by atoms with Gasteiger partial charge in [0.1, 0.15) is 6.61 Å². The van der Waals surface area contributed by atoms with Gasteiger partial charge in [0, 0.05) is 19.0 Å². The van der Waals surface area contributed by atoms with Gasteiger partial charge in [-0.05, 0) is 5.56 Å². The van der Waals surface area contributed by atoms with E-state index in [4.69, 9.17) is 9.84 Å². The molecule has 1 atom stereocenters. The molecular weight excluding hydrogens is 272 g/mol. The van der Waals surface area contributed by atoms with Crippen LogP contribution in [0.4, 0.5) is 9.59 Å². The highest BCUT2D eigenvalue weighted by atomic mass is 16.5. The molecule has 1 aromatic carbocycles. The summed E-state index contributed by atoms with van der Waals surface area (Å²) in [6.07, 6.45) is 0.131. The van der Waals surface area contributed by atoms with E-state index < -0.39 is 12.2 Å². The number of ether oxygens (including phenoxy) is 1. The summed E-state index contributed by atoms with van der Waals surface area (Å²) in [5.74, 6) is 0.0443. The van der Waals surface area contributed by atoms with Crippen LogP contribution in [-0.4, -0.2) is 41.3 Å². The van der Waals surface area contributed by atoms with Crippen LogP contribution in [0, 0.1) is 5.92 Å². The first-order chi connectivity index (χ1) is 10.1. The van der Waals surface area contributed by atoms with Crippen molar-refractivity contribution >= 4 is 12.2 Å². The van der Waals surface area contributed by atoms with Crippen molar-refractivity contribution in [1.29, 1.82) is 0 Å². The third-order valence-corrected chi connectivity index (χ3v) is 3.44. The summed E-state index contributed by atoms with van der Waals surface area (Å²) >= 11 is 0. The minimum atomic E-state index is -0.944. The van der Waals surface area contributed by atoms with Crippen LogP contribution in [0.2, 0.25) is 0 Å². The Balaban J connectivity index is 1.76. The van der Waals surface area contributed by atoms with Crippen LogP contribution < -0.4 is 5.32 Å². The van der Waals surface area contributed by atoms with Crippen molar-refractivity contribution in [3.8, 4) is 0 Å². The Morgan fingerprint density at radius 2 is 2.10 bits per heavy atom. The quantitative estimate of drug-likeness (QED) is 0.814. The molecule has 1 aliphatic rings. The fraction of sp³-hybridized carbons (Fsp3) is 0.333. The number of alkyl carbamates (subject to hydrolysis) is 1. The Morgan fingerprint density at radius 3 is 2.67 bits per heavy atom. The monoisotopic (exact) mass is 290 g/mol. The zero-order valence-corrected chi connectivity index (χ0v) is 11.6. The molecule has 2 amide bonds. The minimum absolute atomic E-state index is 0.0443. The summed E-state index contributed by atoms with van der Waals surface area (Å²) in [5, 5.41) is 11.5. The third kappa shape index (κ3) is 3.98. The maximum Gasteiger partial charge on any atom is 0.407 e. The molecule has 6 nitrogen and oxygen atoms in total. The number of carboxylic acid groups (broad SMARTS) is 1. The van der Waals surface area contributed by atoms with Crippen LogP contribution in [0.3, 0.4) is 0 Å². The fourth-order valence-corrected chi connectivity index (χ4v) is 2.17. The van der Waals surface area contributed by atoms with Gasteiger partial charge in [-0.2, -0.15) is 0 Å². The molecule has 2 rings (SSSR count). The zero-order valence-electron chi connectivity index (χ0n) is 11.6. The van der Waals surface area contributed by atoms with E-state index in [9.17, 15) is 9.59 Å². The van der Waals surface area contributed by atoms with E-state index in [1.54, 1.807) is 6.08 Å². The Morgan fingerprint density at radius 1 is 1.43 bits per heavy atom. The first-order valence-corrected chi connectivity index (χ1v) is 6.68. The van der Waals surface area contributed by atoms with Crippen molar-refractivity contribution in [2.45, 2.75) is 12.6 Å². The maximum atomic E-state index is 11.7. The predicted molar refractivity (Wildman–Crippen MR) is 76.8 cm³/mol. The number of carbonyl (C=O) groups is 2. The molecule has 0 aromatic heterocycles. The summed E-state index contributed by atoms with van der Waals surface area (Å²) in [4.78, 5) is 23.7. The molecule has 0 bridgehead atoms.